The molecule has 2 aromatic rings. The molecule has 0 saturated carbocycles. The predicted molar refractivity (Wildman–Crippen MR) is 72.2 cm³/mol. The zero-order chi connectivity index (χ0) is 12.6. The van der Waals surface area contributed by atoms with Crippen LogP contribution in [0, 0.1) is 0 Å². The van der Waals surface area contributed by atoms with Gasteiger partial charge in [-0.3, -0.25) is 9.36 Å². The molecule has 4 nitrogen and oxygen atoms in total. The van der Waals surface area contributed by atoms with Crippen LogP contribution in [0.3, 0.4) is 0 Å². The molecule has 0 fully saturated rings. The molecule has 17 heavy (non-hydrogen) atoms. The molecule has 0 bridgehead atoms. The number of benzene rings is 1. The number of halogens is 1. The summed E-state index contributed by atoms with van der Waals surface area (Å²) in [7, 11) is 3.60. The fourth-order valence-corrected chi connectivity index (χ4v) is 2.13. The number of hydrogen-bond acceptors (Lipinski definition) is 3. The molecular formula is C12H14BrN3O. The van der Waals surface area contributed by atoms with E-state index in [1.807, 2.05) is 26.1 Å². The monoisotopic (exact) mass is 295 g/mol. The summed E-state index contributed by atoms with van der Waals surface area (Å²) < 4.78 is 2.52. The lowest BCUT2D eigenvalue weighted by molar-refractivity contribution is 0.570. The number of nitrogens with zero attached hydrogens (tertiary/aromatic N) is 2. The van der Waals surface area contributed by atoms with Gasteiger partial charge in [0.2, 0.25) is 0 Å². The van der Waals surface area contributed by atoms with Crippen LogP contribution >= 0.6 is 15.9 Å². The first kappa shape index (κ1) is 12.3. The third-order valence-corrected chi connectivity index (χ3v) is 3.39. The molecule has 2 rings (SSSR count). The number of nitrogens with one attached hydrogen (secondary N) is 1. The molecular weight excluding hydrogens is 282 g/mol. The molecule has 5 heteroatoms. The van der Waals surface area contributed by atoms with E-state index >= 15 is 0 Å². The first-order valence-electron chi connectivity index (χ1n) is 5.38. The van der Waals surface area contributed by atoms with Gasteiger partial charge in [-0.2, -0.15) is 0 Å². The van der Waals surface area contributed by atoms with E-state index in [-0.39, 0.29) is 11.6 Å². The fraction of sp³-hybridized carbons (Fsp3) is 0.333. The second-order valence-electron chi connectivity index (χ2n) is 4.01. The Labute approximate surface area is 108 Å². The summed E-state index contributed by atoms with van der Waals surface area (Å²) in [6.45, 7) is 1.98. The van der Waals surface area contributed by atoms with E-state index in [1.54, 1.807) is 17.7 Å². The van der Waals surface area contributed by atoms with Gasteiger partial charge in [-0.05, 0) is 32.2 Å². The summed E-state index contributed by atoms with van der Waals surface area (Å²) in [6, 6.07) is 5.55. The minimum absolute atomic E-state index is 0.0143. The molecule has 90 valence electrons. The average Bonchev–Trinajstić information content (AvgIpc) is 2.32. The molecule has 1 aromatic carbocycles. The Balaban J connectivity index is 2.80. The standard InChI is InChI=1S/C12H14BrN3O/c1-7(14-2)11-15-10-6-8(13)4-5-9(10)12(17)16(11)3/h4-7,14H,1-3H3. The number of fused-ring (bicyclic) bond motifs is 1. The fourth-order valence-electron chi connectivity index (χ4n) is 1.78. The molecule has 1 aromatic heterocycles. The summed E-state index contributed by atoms with van der Waals surface area (Å²) in [4.78, 5) is 16.7. The van der Waals surface area contributed by atoms with Crippen LogP contribution in [0.5, 0.6) is 0 Å². The van der Waals surface area contributed by atoms with E-state index in [0.717, 1.165) is 15.8 Å². The number of hydrogen-bond donors (Lipinski definition) is 1. The summed E-state index contributed by atoms with van der Waals surface area (Å²) in [5, 5.41) is 3.74. The average molecular weight is 296 g/mol. The van der Waals surface area contributed by atoms with Gasteiger partial charge in [0.1, 0.15) is 5.82 Å². The maximum absolute atomic E-state index is 12.2. The normalized spacial score (nSPS) is 12.9. The van der Waals surface area contributed by atoms with Gasteiger partial charge in [-0.25, -0.2) is 4.98 Å². The van der Waals surface area contributed by atoms with Crippen LogP contribution in [0.1, 0.15) is 18.8 Å². The van der Waals surface area contributed by atoms with E-state index in [0.29, 0.717) is 5.39 Å². The van der Waals surface area contributed by atoms with Crippen molar-refractivity contribution in [3.8, 4) is 0 Å². The van der Waals surface area contributed by atoms with Crippen LogP contribution in [0.4, 0.5) is 0 Å². The highest BCUT2D eigenvalue weighted by Crippen LogP contribution is 2.17. The maximum Gasteiger partial charge on any atom is 0.261 e. The van der Waals surface area contributed by atoms with Crippen LogP contribution in [-0.2, 0) is 7.05 Å². The lowest BCUT2D eigenvalue weighted by Crippen LogP contribution is -2.27. The SMILES string of the molecule is CNC(C)c1nc2cc(Br)ccc2c(=O)n1C. The van der Waals surface area contributed by atoms with Crippen LogP contribution in [0.2, 0.25) is 0 Å². The summed E-state index contributed by atoms with van der Waals surface area (Å²) >= 11 is 3.39. The van der Waals surface area contributed by atoms with Crippen molar-refractivity contribution in [2.24, 2.45) is 7.05 Å². The molecule has 1 unspecified atom stereocenters. The van der Waals surface area contributed by atoms with Gasteiger partial charge >= 0.3 is 0 Å². The first-order valence-corrected chi connectivity index (χ1v) is 6.17. The Kier molecular flexibility index (Phi) is 3.31. The van der Waals surface area contributed by atoms with Crippen molar-refractivity contribution < 1.29 is 0 Å². The van der Waals surface area contributed by atoms with Crippen molar-refractivity contribution in [1.82, 2.24) is 14.9 Å². The molecule has 0 saturated heterocycles. The molecule has 0 spiro atoms. The van der Waals surface area contributed by atoms with Crippen molar-refractivity contribution in [3.05, 3.63) is 38.9 Å². The summed E-state index contributed by atoms with van der Waals surface area (Å²) in [6.07, 6.45) is 0. The third-order valence-electron chi connectivity index (χ3n) is 2.89. The Bertz CT molecular complexity index is 621. The lowest BCUT2D eigenvalue weighted by Gasteiger charge is -2.14. The molecule has 0 aliphatic rings. The highest BCUT2D eigenvalue weighted by Gasteiger charge is 2.12. The Morgan fingerprint density at radius 1 is 1.47 bits per heavy atom. The molecule has 0 aliphatic carbocycles. The van der Waals surface area contributed by atoms with Crippen molar-refractivity contribution in [2.75, 3.05) is 7.05 Å². The molecule has 1 N–H and O–H groups in total. The lowest BCUT2D eigenvalue weighted by atomic mass is 10.2. The zero-order valence-electron chi connectivity index (χ0n) is 9.99. The molecule has 0 amide bonds. The van der Waals surface area contributed by atoms with Gasteiger partial charge in [0.05, 0.1) is 16.9 Å². The van der Waals surface area contributed by atoms with Crippen molar-refractivity contribution in [1.29, 1.82) is 0 Å². The minimum atomic E-state index is -0.0143. The Morgan fingerprint density at radius 2 is 2.18 bits per heavy atom. The van der Waals surface area contributed by atoms with Gasteiger partial charge in [0.25, 0.3) is 5.56 Å². The van der Waals surface area contributed by atoms with Gasteiger partial charge in [-0.15, -0.1) is 0 Å². The second-order valence-corrected chi connectivity index (χ2v) is 4.92. The number of rotatable bonds is 2. The third kappa shape index (κ3) is 2.12. The molecule has 1 atom stereocenters. The van der Waals surface area contributed by atoms with Crippen molar-refractivity contribution in [2.45, 2.75) is 13.0 Å². The second kappa shape index (κ2) is 4.58. The van der Waals surface area contributed by atoms with Gasteiger partial charge < -0.3 is 5.32 Å². The largest absolute Gasteiger partial charge is 0.311 e. The van der Waals surface area contributed by atoms with Gasteiger partial charge in [-0.1, -0.05) is 15.9 Å². The number of aromatic nitrogens is 2. The molecule has 0 aliphatic heterocycles. The van der Waals surface area contributed by atoms with Crippen molar-refractivity contribution in [3.63, 3.8) is 0 Å². The van der Waals surface area contributed by atoms with E-state index in [9.17, 15) is 4.79 Å². The molecule has 0 radical (unpaired) electrons. The maximum atomic E-state index is 12.2. The van der Waals surface area contributed by atoms with Crippen LogP contribution in [0.25, 0.3) is 10.9 Å². The Hall–Kier alpha value is -1.20. The topological polar surface area (TPSA) is 46.9 Å². The van der Waals surface area contributed by atoms with Crippen LogP contribution in [-0.4, -0.2) is 16.6 Å². The zero-order valence-corrected chi connectivity index (χ0v) is 11.6. The molecule has 1 heterocycles. The van der Waals surface area contributed by atoms with E-state index in [4.69, 9.17) is 0 Å². The van der Waals surface area contributed by atoms with Gasteiger partial charge in [0, 0.05) is 11.5 Å². The minimum Gasteiger partial charge on any atom is -0.311 e. The first-order chi connectivity index (χ1) is 8.04. The Morgan fingerprint density at radius 3 is 2.82 bits per heavy atom. The van der Waals surface area contributed by atoms with E-state index in [1.165, 1.54) is 0 Å². The van der Waals surface area contributed by atoms with E-state index < -0.39 is 0 Å². The summed E-state index contributed by atoms with van der Waals surface area (Å²) in [5.41, 5.74) is 0.708. The summed E-state index contributed by atoms with van der Waals surface area (Å²) in [5.74, 6) is 0.739. The van der Waals surface area contributed by atoms with Crippen LogP contribution < -0.4 is 10.9 Å². The quantitative estimate of drug-likeness (QED) is 0.921. The smallest absolute Gasteiger partial charge is 0.261 e. The van der Waals surface area contributed by atoms with Crippen LogP contribution in [0.15, 0.2) is 27.5 Å². The van der Waals surface area contributed by atoms with E-state index in [2.05, 4.69) is 26.2 Å². The van der Waals surface area contributed by atoms with Gasteiger partial charge in [0.15, 0.2) is 0 Å². The predicted octanol–water partition coefficient (Wildman–Crippen LogP) is 1.98. The highest BCUT2D eigenvalue weighted by molar-refractivity contribution is 9.10. The highest BCUT2D eigenvalue weighted by atomic mass is 79.9. The van der Waals surface area contributed by atoms with Crippen molar-refractivity contribution >= 4 is 26.8 Å².